The third-order valence-electron chi connectivity index (χ3n) is 2.51. The van der Waals surface area contributed by atoms with Gasteiger partial charge in [-0.25, -0.2) is 8.78 Å². The number of alkyl halides is 2. The summed E-state index contributed by atoms with van der Waals surface area (Å²) in [6.07, 6.45) is -0.841. The van der Waals surface area contributed by atoms with E-state index < -0.39 is 12.3 Å². The van der Waals surface area contributed by atoms with E-state index in [-0.39, 0.29) is 11.3 Å². The molecule has 0 heterocycles. The van der Waals surface area contributed by atoms with E-state index in [9.17, 15) is 8.78 Å². The number of nitrogens with zero attached hydrogens (tertiary/aromatic N) is 1. The molecule has 0 aliphatic heterocycles. The molecule has 0 saturated heterocycles. The normalized spacial score (nSPS) is 11.0. The molecule has 1 rings (SSSR count). The van der Waals surface area contributed by atoms with Crippen LogP contribution in [0, 0.1) is 25.2 Å². The number of benzene rings is 1. The molecule has 0 aliphatic carbocycles. The first-order valence-corrected chi connectivity index (χ1v) is 4.83. The summed E-state index contributed by atoms with van der Waals surface area (Å²) in [6, 6.07) is 4.43. The predicted molar refractivity (Wildman–Crippen MR) is 56.6 cm³/mol. The minimum Gasteiger partial charge on any atom is -0.496 e. The molecule has 0 amide bonds. The molecule has 16 heavy (non-hydrogen) atoms. The number of hydrogen-bond donors (Lipinski definition) is 0. The molecule has 0 saturated carbocycles. The minimum absolute atomic E-state index is 0.128. The molecule has 0 fully saturated rings. The van der Waals surface area contributed by atoms with Crippen LogP contribution in [0.25, 0.3) is 0 Å². The highest BCUT2D eigenvalue weighted by atomic mass is 19.3. The molecule has 2 nitrogen and oxygen atoms in total. The maximum atomic E-state index is 13.6. The molecule has 86 valence electrons. The van der Waals surface area contributed by atoms with Gasteiger partial charge in [-0.15, -0.1) is 0 Å². The van der Waals surface area contributed by atoms with E-state index in [4.69, 9.17) is 10.00 Å². The quantitative estimate of drug-likeness (QED) is 0.790. The van der Waals surface area contributed by atoms with Crippen LogP contribution in [0.1, 0.15) is 23.1 Å². The SMILES string of the molecule is COc1cc(C)c(C)cc1C(F)(F)CC#N. The lowest BCUT2D eigenvalue weighted by Gasteiger charge is -2.18. The van der Waals surface area contributed by atoms with Crippen LogP contribution in [0.3, 0.4) is 0 Å². The largest absolute Gasteiger partial charge is 0.496 e. The fraction of sp³-hybridized carbons (Fsp3) is 0.417. The molecule has 0 radical (unpaired) electrons. The van der Waals surface area contributed by atoms with E-state index in [1.807, 2.05) is 6.92 Å². The lowest BCUT2D eigenvalue weighted by Crippen LogP contribution is -2.14. The summed E-state index contributed by atoms with van der Waals surface area (Å²) in [6.45, 7) is 3.57. The number of nitriles is 1. The molecule has 0 aliphatic rings. The molecule has 0 N–H and O–H groups in total. The van der Waals surface area contributed by atoms with Gasteiger partial charge in [-0.3, -0.25) is 0 Å². The Morgan fingerprint density at radius 2 is 1.88 bits per heavy atom. The average molecular weight is 225 g/mol. The number of rotatable bonds is 3. The highest BCUT2D eigenvalue weighted by Crippen LogP contribution is 2.38. The zero-order chi connectivity index (χ0) is 12.3. The Morgan fingerprint density at radius 3 is 2.38 bits per heavy atom. The van der Waals surface area contributed by atoms with Gasteiger partial charge in [-0.05, 0) is 37.1 Å². The van der Waals surface area contributed by atoms with Crippen LogP contribution >= 0.6 is 0 Å². The Kier molecular flexibility index (Phi) is 3.48. The number of hydrogen-bond acceptors (Lipinski definition) is 2. The molecule has 0 aromatic heterocycles. The first-order chi connectivity index (χ1) is 7.42. The zero-order valence-corrected chi connectivity index (χ0v) is 9.47. The second kappa shape index (κ2) is 4.48. The van der Waals surface area contributed by atoms with E-state index in [0.29, 0.717) is 0 Å². The van der Waals surface area contributed by atoms with Crippen molar-refractivity contribution in [1.82, 2.24) is 0 Å². The Morgan fingerprint density at radius 1 is 1.31 bits per heavy atom. The highest BCUT2D eigenvalue weighted by molar-refractivity contribution is 5.44. The van der Waals surface area contributed by atoms with Gasteiger partial charge in [-0.1, -0.05) is 0 Å². The highest BCUT2D eigenvalue weighted by Gasteiger charge is 2.34. The fourth-order valence-corrected chi connectivity index (χ4v) is 1.44. The molecule has 0 atom stereocenters. The van der Waals surface area contributed by atoms with Gasteiger partial charge in [0.1, 0.15) is 12.2 Å². The minimum atomic E-state index is -3.17. The predicted octanol–water partition coefficient (Wildman–Crippen LogP) is 3.32. The van der Waals surface area contributed by atoms with Crippen LogP contribution in [0.5, 0.6) is 5.75 Å². The van der Waals surface area contributed by atoms with Gasteiger partial charge in [0.05, 0.1) is 18.7 Å². The summed E-state index contributed by atoms with van der Waals surface area (Å²) in [5.74, 6) is -3.04. The molecule has 0 spiro atoms. The molecule has 1 aromatic rings. The molecular formula is C12H13F2NO. The lowest BCUT2D eigenvalue weighted by atomic mass is 9.99. The maximum absolute atomic E-state index is 13.6. The van der Waals surface area contributed by atoms with E-state index in [2.05, 4.69) is 0 Å². The van der Waals surface area contributed by atoms with Crippen molar-refractivity contribution in [2.45, 2.75) is 26.2 Å². The van der Waals surface area contributed by atoms with Crippen molar-refractivity contribution in [1.29, 1.82) is 5.26 Å². The van der Waals surface area contributed by atoms with Gasteiger partial charge in [0.15, 0.2) is 0 Å². The van der Waals surface area contributed by atoms with Crippen LogP contribution in [-0.4, -0.2) is 7.11 Å². The maximum Gasteiger partial charge on any atom is 0.289 e. The van der Waals surface area contributed by atoms with Crippen molar-refractivity contribution in [3.8, 4) is 11.8 Å². The number of methoxy groups -OCH3 is 1. The van der Waals surface area contributed by atoms with Crippen molar-refractivity contribution in [3.63, 3.8) is 0 Å². The van der Waals surface area contributed by atoms with E-state index in [1.165, 1.54) is 19.2 Å². The van der Waals surface area contributed by atoms with Gasteiger partial charge in [0, 0.05) is 0 Å². The van der Waals surface area contributed by atoms with Crippen molar-refractivity contribution in [3.05, 3.63) is 28.8 Å². The van der Waals surface area contributed by atoms with E-state index in [0.717, 1.165) is 11.1 Å². The first kappa shape index (κ1) is 12.4. The van der Waals surface area contributed by atoms with Gasteiger partial charge in [0.25, 0.3) is 5.92 Å². The monoisotopic (exact) mass is 225 g/mol. The second-order valence-corrected chi connectivity index (χ2v) is 3.68. The van der Waals surface area contributed by atoms with Gasteiger partial charge < -0.3 is 4.74 Å². The van der Waals surface area contributed by atoms with Crippen LogP contribution in [-0.2, 0) is 5.92 Å². The molecule has 1 aromatic carbocycles. The summed E-state index contributed by atoms with van der Waals surface area (Å²) in [5.41, 5.74) is 1.42. The fourth-order valence-electron chi connectivity index (χ4n) is 1.44. The van der Waals surface area contributed by atoms with Crippen LogP contribution in [0.15, 0.2) is 12.1 Å². The summed E-state index contributed by atoms with van der Waals surface area (Å²) >= 11 is 0. The molecule has 4 heteroatoms. The third-order valence-corrected chi connectivity index (χ3v) is 2.51. The first-order valence-electron chi connectivity index (χ1n) is 4.83. The Bertz CT molecular complexity index is 435. The Balaban J connectivity index is 3.32. The van der Waals surface area contributed by atoms with Crippen LogP contribution in [0.2, 0.25) is 0 Å². The number of aryl methyl sites for hydroxylation is 2. The molecule has 0 unspecified atom stereocenters. The standard InChI is InChI=1S/C12H13F2NO/c1-8-6-10(12(13,14)4-5-15)11(16-3)7-9(8)2/h6-7H,4H2,1-3H3. The van der Waals surface area contributed by atoms with Crippen molar-refractivity contribution in [2.75, 3.05) is 7.11 Å². The van der Waals surface area contributed by atoms with Gasteiger partial charge >= 0.3 is 0 Å². The van der Waals surface area contributed by atoms with Crippen molar-refractivity contribution >= 4 is 0 Å². The van der Waals surface area contributed by atoms with E-state index in [1.54, 1.807) is 13.0 Å². The molecular weight excluding hydrogens is 212 g/mol. The summed E-state index contributed by atoms with van der Waals surface area (Å²) < 4.78 is 32.2. The smallest absolute Gasteiger partial charge is 0.289 e. The van der Waals surface area contributed by atoms with Crippen LogP contribution in [0.4, 0.5) is 8.78 Å². The number of halogens is 2. The van der Waals surface area contributed by atoms with Crippen LogP contribution < -0.4 is 4.74 Å². The van der Waals surface area contributed by atoms with Crippen molar-refractivity contribution in [2.24, 2.45) is 0 Å². The summed E-state index contributed by atoms with van der Waals surface area (Å²) in [7, 11) is 1.34. The lowest BCUT2D eigenvalue weighted by molar-refractivity contribution is -0.00134. The zero-order valence-electron chi connectivity index (χ0n) is 9.47. The summed E-state index contributed by atoms with van der Waals surface area (Å²) in [4.78, 5) is 0. The van der Waals surface area contributed by atoms with Crippen molar-refractivity contribution < 1.29 is 13.5 Å². The van der Waals surface area contributed by atoms with E-state index >= 15 is 0 Å². The molecule has 0 bridgehead atoms. The Labute approximate surface area is 93.5 Å². The van der Waals surface area contributed by atoms with Gasteiger partial charge in [0.2, 0.25) is 0 Å². The average Bonchev–Trinajstić information content (AvgIpc) is 2.21. The Hall–Kier alpha value is -1.63. The topological polar surface area (TPSA) is 33.0 Å². The number of ether oxygens (including phenoxy) is 1. The summed E-state index contributed by atoms with van der Waals surface area (Å²) in [5, 5.41) is 8.38. The second-order valence-electron chi connectivity index (χ2n) is 3.68. The van der Waals surface area contributed by atoms with Gasteiger partial charge in [-0.2, -0.15) is 5.26 Å². The third kappa shape index (κ3) is 2.30.